The lowest BCUT2D eigenvalue weighted by atomic mass is 10.1. The monoisotopic (exact) mass is 395 g/mol. The first-order chi connectivity index (χ1) is 14.0. The van der Waals surface area contributed by atoms with E-state index in [0.717, 1.165) is 0 Å². The minimum absolute atomic E-state index is 0.0000307. The molecule has 0 saturated heterocycles. The molecule has 0 aliphatic heterocycles. The molecule has 148 valence electrons. The van der Waals surface area contributed by atoms with Gasteiger partial charge in [-0.2, -0.15) is 5.10 Å². The van der Waals surface area contributed by atoms with E-state index >= 15 is 0 Å². The normalized spacial score (nSPS) is 10.7. The summed E-state index contributed by atoms with van der Waals surface area (Å²) in [7, 11) is 2.99. The molecule has 9 nitrogen and oxygen atoms in total. The zero-order chi connectivity index (χ0) is 20.8. The fraction of sp³-hybridized carbons (Fsp3) is 0.100. The van der Waals surface area contributed by atoms with Crippen molar-refractivity contribution in [3.8, 4) is 22.8 Å². The van der Waals surface area contributed by atoms with Crippen LogP contribution in [0, 0.1) is 10.1 Å². The SMILES string of the molecule is COc1ccc(C(=O)NN=Cc2ccc(-c3ccc([N+](=O)[O-])cc3)o2)cc1OC. The molecule has 1 heterocycles. The lowest BCUT2D eigenvalue weighted by Crippen LogP contribution is -2.17. The van der Waals surface area contributed by atoms with E-state index in [1.54, 1.807) is 42.5 Å². The number of methoxy groups -OCH3 is 2. The van der Waals surface area contributed by atoms with Gasteiger partial charge < -0.3 is 13.9 Å². The average Bonchev–Trinajstić information content (AvgIpc) is 3.22. The van der Waals surface area contributed by atoms with Crippen LogP contribution in [0.25, 0.3) is 11.3 Å². The van der Waals surface area contributed by atoms with Gasteiger partial charge in [-0.3, -0.25) is 14.9 Å². The summed E-state index contributed by atoms with van der Waals surface area (Å²) in [5, 5.41) is 14.6. The number of rotatable bonds is 7. The predicted octanol–water partition coefficient (Wildman–Crippen LogP) is 3.64. The molecule has 1 amide bonds. The van der Waals surface area contributed by atoms with Crippen molar-refractivity contribution in [1.29, 1.82) is 0 Å². The van der Waals surface area contributed by atoms with Gasteiger partial charge in [0.05, 0.1) is 25.4 Å². The van der Waals surface area contributed by atoms with Gasteiger partial charge in [0.2, 0.25) is 0 Å². The first-order valence-electron chi connectivity index (χ1n) is 8.42. The van der Waals surface area contributed by atoms with Crippen molar-refractivity contribution in [2.45, 2.75) is 0 Å². The maximum absolute atomic E-state index is 12.2. The highest BCUT2D eigenvalue weighted by Gasteiger charge is 2.11. The second-order valence-electron chi connectivity index (χ2n) is 5.77. The molecule has 0 spiro atoms. The highest BCUT2D eigenvalue weighted by Crippen LogP contribution is 2.27. The first kappa shape index (κ1) is 19.6. The van der Waals surface area contributed by atoms with E-state index in [0.29, 0.717) is 34.1 Å². The van der Waals surface area contributed by atoms with Gasteiger partial charge in [0, 0.05) is 23.3 Å². The van der Waals surface area contributed by atoms with Crippen molar-refractivity contribution in [1.82, 2.24) is 5.43 Å². The van der Waals surface area contributed by atoms with Crippen LogP contribution in [0.2, 0.25) is 0 Å². The second-order valence-corrected chi connectivity index (χ2v) is 5.77. The molecule has 0 saturated carbocycles. The number of benzene rings is 2. The maximum atomic E-state index is 12.2. The Labute approximate surface area is 165 Å². The maximum Gasteiger partial charge on any atom is 0.271 e. The van der Waals surface area contributed by atoms with Gasteiger partial charge in [0.25, 0.3) is 11.6 Å². The largest absolute Gasteiger partial charge is 0.493 e. The number of nitrogens with zero attached hydrogens (tertiary/aromatic N) is 2. The molecule has 0 aliphatic rings. The Morgan fingerprint density at radius 2 is 1.79 bits per heavy atom. The topological polar surface area (TPSA) is 116 Å². The van der Waals surface area contributed by atoms with Crippen molar-refractivity contribution < 1.29 is 23.6 Å². The van der Waals surface area contributed by atoms with Crippen LogP contribution in [0.15, 0.2) is 64.1 Å². The molecule has 9 heteroatoms. The molecule has 3 rings (SSSR count). The van der Waals surface area contributed by atoms with Crippen LogP contribution in [0.5, 0.6) is 11.5 Å². The Hall–Kier alpha value is -4.14. The number of ether oxygens (including phenoxy) is 2. The molecule has 29 heavy (non-hydrogen) atoms. The molecule has 1 aromatic heterocycles. The molecular weight excluding hydrogens is 378 g/mol. The van der Waals surface area contributed by atoms with Crippen LogP contribution in [-0.2, 0) is 0 Å². The number of furan rings is 1. The number of hydrogen-bond donors (Lipinski definition) is 1. The summed E-state index contributed by atoms with van der Waals surface area (Å²) in [5.74, 6) is 1.45. The summed E-state index contributed by atoms with van der Waals surface area (Å²) in [5.41, 5.74) is 3.44. The first-order valence-corrected chi connectivity index (χ1v) is 8.42. The molecule has 0 bridgehead atoms. The zero-order valence-corrected chi connectivity index (χ0v) is 15.6. The van der Waals surface area contributed by atoms with Crippen molar-refractivity contribution >= 4 is 17.8 Å². The molecule has 0 fully saturated rings. The van der Waals surface area contributed by atoms with Gasteiger partial charge in [-0.15, -0.1) is 0 Å². The summed E-state index contributed by atoms with van der Waals surface area (Å²) < 4.78 is 15.9. The van der Waals surface area contributed by atoms with Crippen LogP contribution < -0.4 is 14.9 Å². The van der Waals surface area contributed by atoms with Gasteiger partial charge in [0.1, 0.15) is 11.5 Å². The Kier molecular flexibility index (Phi) is 5.88. The molecule has 0 atom stereocenters. The quantitative estimate of drug-likeness (QED) is 0.371. The van der Waals surface area contributed by atoms with Gasteiger partial charge in [-0.25, -0.2) is 5.43 Å². The van der Waals surface area contributed by atoms with E-state index in [4.69, 9.17) is 13.9 Å². The molecular formula is C20H17N3O6. The lowest BCUT2D eigenvalue weighted by molar-refractivity contribution is -0.384. The van der Waals surface area contributed by atoms with E-state index < -0.39 is 10.8 Å². The van der Waals surface area contributed by atoms with Crippen LogP contribution in [0.1, 0.15) is 16.1 Å². The van der Waals surface area contributed by atoms with Crippen molar-refractivity contribution in [2.24, 2.45) is 5.10 Å². The van der Waals surface area contributed by atoms with Crippen molar-refractivity contribution in [3.63, 3.8) is 0 Å². The van der Waals surface area contributed by atoms with Gasteiger partial charge in [0.15, 0.2) is 11.5 Å². The van der Waals surface area contributed by atoms with E-state index in [9.17, 15) is 14.9 Å². The van der Waals surface area contributed by atoms with E-state index in [1.807, 2.05) is 0 Å². The third-order valence-electron chi connectivity index (χ3n) is 3.99. The number of nitro groups is 1. The number of hydrazone groups is 1. The number of hydrogen-bond acceptors (Lipinski definition) is 7. The third-order valence-corrected chi connectivity index (χ3v) is 3.99. The van der Waals surface area contributed by atoms with Gasteiger partial charge >= 0.3 is 0 Å². The standard InChI is InChI=1S/C20H17N3O6/c1-27-18-9-5-14(11-19(18)28-2)20(24)22-21-12-16-8-10-17(29-16)13-3-6-15(7-4-13)23(25)26/h3-12H,1-2H3,(H,22,24). The summed E-state index contributed by atoms with van der Waals surface area (Å²) >= 11 is 0. The summed E-state index contributed by atoms with van der Waals surface area (Å²) in [6.45, 7) is 0. The molecule has 1 N–H and O–H groups in total. The molecule has 0 aliphatic carbocycles. The fourth-order valence-electron chi connectivity index (χ4n) is 2.52. The number of carbonyl (C=O) groups is 1. The van der Waals surface area contributed by atoms with E-state index in [1.165, 1.54) is 32.6 Å². The Bertz CT molecular complexity index is 1060. The average molecular weight is 395 g/mol. The van der Waals surface area contributed by atoms with Crippen LogP contribution in [0.4, 0.5) is 5.69 Å². The third kappa shape index (κ3) is 4.59. The van der Waals surface area contributed by atoms with Gasteiger partial charge in [-0.05, 0) is 42.5 Å². The molecule has 2 aromatic carbocycles. The molecule has 0 unspecified atom stereocenters. The fourth-order valence-corrected chi connectivity index (χ4v) is 2.52. The minimum atomic E-state index is -0.467. The number of amides is 1. The highest BCUT2D eigenvalue weighted by atomic mass is 16.6. The second kappa shape index (κ2) is 8.70. The Morgan fingerprint density at radius 3 is 2.45 bits per heavy atom. The molecule has 3 aromatic rings. The number of nitro benzene ring substituents is 1. The number of nitrogens with one attached hydrogen (secondary N) is 1. The van der Waals surface area contributed by atoms with Gasteiger partial charge in [-0.1, -0.05) is 0 Å². The number of non-ortho nitro benzene ring substituents is 1. The highest BCUT2D eigenvalue weighted by molar-refractivity contribution is 5.95. The lowest BCUT2D eigenvalue weighted by Gasteiger charge is -2.08. The smallest absolute Gasteiger partial charge is 0.271 e. The van der Waals surface area contributed by atoms with E-state index in [-0.39, 0.29) is 5.69 Å². The molecule has 0 radical (unpaired) electrons. The zero-order valence-electron chi connectivity index (χ0n) is 15.6. The minimum Gasteiger partial charge on any atom is -0.493 e. The van der Waals surface area contributed by atoms with Crippen LogP contribution in [-0.4, -0.2) is 31.3 Å². The van der Waals surface area contributed by atoms with E-state index in [2.05, 4.69) is 10.5 Å². The predicted molar refractivity (Wildman–Crippen MR) is 105 cm³/mol. The van der Waals surface area contributed by atoms with Crippen molar-refractivity contribution in [2.75, 3.05) is 14.2 Å². The summed E-state index contributed by atoms with van der Waals surface area (Å²) in [4.78, 5) is 22.5. The van der Waals surface area contributed by atoms with Crippen LogP contribution >= 0.6 is 0 Å². The number of carbonyl (C=O) groups excluding carboxylic acids is 1. The Balaban J connectivity index is 1.65. The van der Waals surface area contributed by atoms with Crippen LogP contribution in [0.3, 0.4) is 0 Å². The summed E-state index contributed by atoms with van der Waals surface area (Å²) in [6, 6.07) is 14.1. The van der Waals surface area contributed by atoms with Crippen molar-refractivity contribution in [3.05, 3.63) is 76.0 Å². The summed E-state index contributed by atoms with van der Waals surface area (Å²) in [6.07, 6.45) is 1.35. The Morgan fingerprint density at radius 1 is 1.07 bits per heavy atom.